The van der Waals surface area contributed by atoms with Crippen LogP contribution in [0.5, 0.6) is 0 Å². The van der Waals surface area contributed by atoms with E-state index in [0.717, 1.165) is 0 Å². The fourth-order valence-electron chi connectivity index (χ4n) is 1.73. The first kappa shape index (κ1) is 17.4. The maximum atomic E-state index is 12.2. The van der Waals surface area contributed by atoms with Gasteiger partial charge in [0.15, 0.2) is 11.7 Å². The molecule has 0 N–H and O–H groups in total. The minimum absolute atomic E-state index is 0.137. The van der Waals surface area contributed by atoms with Crippen LogP contribution in [0.25, 0.3) is 0 Å². The van der Waals surface area contributed by atoms with Gasteiger partial charge in [0.25, 0.3) is 0 Å². The normalized spacial score (nSPS) is 10.3. The van der Waals surface area contributed by atoms with Gasteiger partial charge in [-0.2, -0.15) is 0 Å². The quantitative estimate of drug-likeness (QED) is 0.426. The van der Waals surface area contributed by atoms with Crippen LogP contribution < -0.4 is 0 Å². The van der Waals surface area contributed by atoms with Crippen molar-refractivity contribution in [2.75, 3.05) is 13.2 Å². The van der Waals surface area contributed by atoms with Gasteiger partial charge in [-0.25, -0.2) is 0 Å². The zero-order valence-electron chi connectivity index (χ0n) is 11.9. The summed E-state index contributed by atoms with van der Waals surface area (Å²) in [7, 11) is 0. The molecule has 0 spiro atoms. The number of carbonyl (C=O) groups excluding carboxylic acids is 3. The number of carbonyl (C=O) groups is 3. The zero-order chi connectivity index (χ0) is 15.8. The highest BCUT2D eigenvalue weighted by Crippen LogP contribution is 2.20. The number of halogens is 1. The molecule has 6 heteroatoms. The van der Waals surface area contributed by atoms with E-state index in [-0.39, 0.29) is 25.4 Å². The van der Waals surface area contributed by atoms with Crippen LogP contribution in [-0.2, 0) is 19.1 Å². The standard InChI is InChI=1S/C15H17BrO5/c1-3-20-14(18)11(15(19)21-4-2)9-13(17)10-7-5-6-8-12(10)16/h5-8,11H,3-4,9H2,1-2H3. The molecule has 1 aromatic rings. The fourth-order valence-corrected chi connectivity index (χ4v) is 2.24. The Balaban J connectivity index is 2.90. The topological polar surface area (TPSA) is 69.7 Å². The molecule has 0 aromatic heterocycles. The Morgan fingerprint density at radius 3 is 2.05 bits per heavy atom. The Hall–Kier alpha value is -1.69. The molecule has 21 heavy (non-hydrogen) atoms. The fraction of sp³-hybridized carbons (Fsp3) is 0.400. The average Bonchev–Trinajstić information content (AvgIpc) is 2.45. The second-order valence-electron chi connectivity index (χ2n) is 4.16. The number of esters is 2. The highest BCUT2D eigenvalue weighted by Gasteiger charge is 2.32. The van der Waals surface area contributed by atoms with Crippen molar-refractivity contribution in [2.45, 2.75) is 20.3 Å². The first-order valence-electron chi connectivity index (χ1n) is 6.62. The van der Waals surface area contributed by atoms with Crippen molar-refractivity contribution < 1.29 is 23.9 Å². The molecule has 0 aliphatic heterocycles. The van der Waals surface area contributed by atoms with Crippen molar-refractivity contribution in [1.82, 2.24) is 0 Å². The summed E-state index contributed by atoms with van der Waals surface area (Å²) >= 11 is 3.27. The van der Waals surface area contributed by atoms with Gasteiger partial charge in [-0.1, -0.05) is 34.1 Å². The SMILES string of the molecule is CCOC(=O)C(CC(=O)c1ccccc1Br)C(=O)OCC. The number of Topliss-reactive ketones (excluding diaryl/α,β-unsaturated/α-hetero) is 1. The molecule has 0 aliphatic carbocycles. The largest absolute Gasteiger partial charge is 0.465 e. The van der Waals surface area contributed by atoms with Crippen molar-refractivity contribution in [2.24, 2.45) is 5.92 Å². The van der Waals surface area contributed by atoms with E-state index in [4.69, 9.17) is 9.47 Å². The van der Waals surface area contributed by atoms with Crippen LogP contribution in [0.3, 0.4) is 0 Å². The molecule has 0 amide bonds. The van der Waals surface area contributed by atoms with Crippen LogP contribution in [0.4, 0.5) is 0 Å². The first-order chi connectivity index (χ1) is 10.0. The van der Waals surface area contributed by atoms with Crippen LogP contribution in [0.15, 0.2) is 28.7 Å². The molecule has 0 bridgehead atoms. The maximum Gasteiger partial charge on any atom is 0.320 e. The van der Waals surface area contributed by atoms with E-state index < -0.39 is 17.9 Å². The second-order valence-corrected chi connectivity index (χ2v) is 5.02. The third-order valence-corrected chi connectivity index (χ3v) is 3.40. The highest BCUT2D eigenvalue weighted by molar-refractivity contribution is 9.10. The van der Waals surface area contributed by atoms with E-state index in [1.165, 1.54) is 0 Å². The molecule has 0 atom stereocenters. The lowest BCUT2D eigenvalue weighted by Crippen LogP contribution is -2.30. The summed E-state index contributed by atoms with van der Waals surface area (Å²) in [5, 5.41) is 0. The summed E-state index contributed by atoms with van der Waals surface area (Å²) in [6.07, 6.45) is -0.278. The van der Waals surface area contributed by atoms with Crippen LogP contribution in [0.1, 0.15) is 30.6 Å². The molecule has 0 fully saturated rings. The van der Waals surface area contributed by atoms with Gasteiger partial charge >= 0.3 is 11.9 Å². The summed E-state index contributed by atoms with van der Waals surface area (Å²) in [5.41, 5.74) is 0.413. The van der Waals surface area contributed by atoms with Crippen LogP contribution >= 0.6 is 15.9 Å². The first-order valence-corrected chi connectivity index (χ1v) is 7.41. The minimum atomic E-state index is -1.23. The zero-order valence-corrected chi connectivity index (χ0v) is 13.5. The Morgan fingerprint density at radius 1 is 1.05 bits per heavy atom. The Bertz CT molecular complexity index is 509. The average molecular weight is 357 g/mol. The van der Waals surface area contributed by atoms with Crippen molar-refractivity contribution in [3.8, 4) is 0 Å². The van der Waals surface area contributed by atoms with Gasteiger partial charge in [0.1, 0.15) is 0 Å². The lowest BCUT2D eigenvalue weighted by Gasteiger charge is -2.14. The van der Waals surface area contributed by atoms with Gasteiger partial charge in [0.2, 0.25) is 0 Å². The van der Waals surface area contributed by atoms with Gasteiger partial charge in [0, 0.05) is 16.5 Å². The molecule has 0 radical (unpaired) electrons. The smallest absolute Gasteiger partial charge is 0.320 e. The molecule has 0 heterocycles. The van der Waals surface area contributed by atoms with E-state index in [9.17, 15) is 14.4 Å². The number of ketones is 1. The van der Waals surface area contributed by atoms with E-state index in [0.29, 0.717) is 10.0 Å². The number of hydrogen-bond acceptors (Lipinski definition) is 5. The Morgan fingerprint density at radius 2 is 1.57 bits per heavy atom. The molecule has 0 aliphatic rings. The van der Waals surface area contributed by atoms with Gasteiger partial charge in [-0.15, -0.1) is 0 Å². The van der Waals surface area contributed by atoms with E-state index in [1.54, 1.807) is 38.1 Å². The minimum Gasteiger partial charge on any atom is -0.465 e. The summed E-state index contributed by atoms with van der Waals surface area (Å²) in [4.78, 5) is 35.9. The molecule has 1 rings (SSSR count). The van der Waals surface area contributed by atoms with E-state index in [2.05, 4.69) is 15.9 Å². The van der Waals surface area contributed by atoms with Crippen LogP contribution in [0, 0.1) is 5.92 Å². The molecule has 0 unspecified atom stereocenters. The lowest BCUT2D eigenvalue weighted by molar-refractivity contribution is -0.161. The number of ether oxygens (including phenoxy) is 2. The molecule has 1 aromatic carbocycles. The van der Waals surface area contributed by atoms with E-state index in [1.807, 2.05) is 0 Å². The molecule has 114 valence electrons. The lowest BCUT2D eigenvalue weighted by atomic mass is 9.98. The third kappa shape index (κ3) is 4.97. The number of hydrogen-bond donors (Lipinski definition) is 0. The molecule has 5 nitrogen and oxygen atoms in total. The van der Waals surface area contributed by atoms with Crippen molar-refractivity contribution in [1.29, 1.82) is 0 Å². The van der Waals surface area contributed by atoms with Gasteiger partial charge in [-0.05, 0) is 19.9 Å². The van der Waals surface area contributed by atoms with Gasteiger partial charge < -0.3 is 9.47 Å². The third-order valence-electron chi connectivity index (χ3n) is 2.71. The monoisotopic (exact) mass is 356 g/mol. The molecule has 0 saturated carbocycles. The Labute approximate surface area is 131 Å². The number of benzene rings is 1. The molecule has 0 saturated heterocycles. The van der Waals surface area contributed by atoms with Crippen molar-refractivity contribution in [3.63, 3.8) is 0 Å². The van der Waals surface area contributed by atoms with Crippen LogP contribution in [0.2, 0.25) is 0 Å². The predicted molar refractivity (Wildman–Crippen MR) is 79.8 cm³/mol. The predicted octanol–water partition coefficient (Wildman–Crippen LogP) is 2.76. The van der Waals surface area contributed by atoms with Gasteiger partial charge in [0.05, 0.1) is 13.2 Å². The summed E-state index contributed by atoms with van der Waals surface area (Å²) in [6.45, 7) is 3.54. The van der Waals surface area contributed by atoms with Crippen molar-refractivity contribution in [3.05, 3.63) is 34.3 Å². The summed E-state index contributed by atoms with van der Waals surface area (Å²) in [6, 6.07) is 6.83. The number of rotatable bonds is 7. The van der Waals surface area contributed by atoms with Crippen molar-refractivity contribution >= 4 is 33.7 Å². The van der Waals surface area contributed by atoms with E-state index >= 15 is 0 Å². The molecular formula is C15H17BrO5. The summed E-state index contributed by atoms with van der Waals surface area (Å²) in [5.74, 6) is -3.04. The highest BCUT2D eigenvalue weighted by atomic mass is 79.9. The maximum absolute atomic E-state index is 12.2. The summed E-state index contributed by atoms with van der Waals surface area (Å²) < 4.78 is 10.3. The Kier molecular flexibility index (Phi) is 7.08. The van der Waals surface area contributed by atoms with Gasteiger partial charge in [-0.3, -0.25) is 14.4 Å². The molecular weight excluding hydrogens is 340 g/mol. The van der Waals surface area contributed by atoms with Crippen LogP contribution in [-0.4, -0.2) is 30.9 Å². The second kappa shape index (κ2) is 8.56.